The van der Waals surface area contributed by atoms with E-state index in [9.17, 15) is 9.59 Å². The summed E-state index contributed by atoms with van der Waals surface area (Å²) in [5.41, 5.74) is 2.63. The van der Waals surface area contributed by atoms with Crippen molar-refractivity contribution in [3.05, 3.63) is 53.9 Å². The van der Waals surface area contributed by atoms with Gasteiger partial charge in [0.15, 0.2) is 0 Å². The Morgan fingerprint density at radius 1 is 1.10 bits per heavy atom. The molecule has 1 aromatic carbocycles. The van der Waals surface area contributed by atoms with Crippen LogP contribution in [0.3, 0.4) is 0 Å². The minimum Gasteiger partial charge on any atom is -0.326 e. The van der Waals surface area contributed by atoms with Gasteiger partial charge in [-0.3, -0.25) is 14.6 Å². The number of nitrogens with zero attached hydrogens (tertiary/aromatic N) is 1. The fourth-order valence-electron chi connectivity index (χ4n) is 1.78. The van der Waals surface area contributed by atoms with Gasteiger partial charge in [-0.1, -0.05) is 6.07 Å². The number of anilines is 2. The van der Waals surface area contributed by atoms with E-state index >= 15 is 0 Å². The number of benzene rings is 1. The molecule has 0 radical (unpaired) electrons. The predicted octanol–water partition coefficient (Wildman–Crippen LogP) is 2.60. The molecule has 102 valence electrons. The average molecular weight is 269 g/mol. The second-order valence-corrected chi connectivity index (χ2v) is 4.41. The zero-order valence-corrected chi connectivity index (χ0v) is 11.3. The van der Waals surface area contributed by atoms with Crippen LogP contribution >= 0.6 is 0 Å². The molecule has 20 heavy (non-hydrogen) atoms. The van der Waals surface area contributed by atoms with E-state index in [2.05, 4.69) is 15.6 Å². The lowest BCUT2D eigenvalue weighted by molar-refractivity contribution is -0.114. The molecule has 0 unspecified atom stereocenters. The van der Waals surface area contributed by atoms with Crippen molar-refractivity contribution in [2.75, 3.05) is 10.6 Å². The van der Waals surface area contributed by atoms with E-state index in [-0.39, 0.29) is 11.8 Å². The molecule has 1 aromatic heterocycles. The average Bonchev–Trinajstić information content (AvgIpc) is 2.38. The topological polar surface area (TPSA) is 71.1 Å². The molecule has 5 nitrogen and oxygen atoms in total. The molecule has 0 saturated heterocycles. The highest BCUT2D eigenvalue weighted by Crippen LogP contribution is 2.16. The molecule has 0 spiro atoms. The molecule has 0 saturated carbocycles. The van der Waals surface area contributed by atoms with Crippen molar-refractivity contribution < 1.29 is 9.59 Å². The maximum atomic E-state index is 12.1. The summed E-state index contributed by atoms with van der Waals surface area (Å²) in [7, 11) is 0. The highest BCUT2D eigenvalue weighted by Gasteiger charge is 2.09. The Labute approximate surface area is 117 Å². The Kier molecular flexibility index (Phi) is 4.10. The van der Waals surface area contributed by atoms with E-state index < -0.39 is 0 Å². The van der Waals surface area contributed by atoms with Crippen molar-refractivity contribution in [1.29, 1.82) is 0 Å². The third kappa shape index (κ3) is 3.41. The van der Waals surface area contributed by atoms with Crippen LogP contribution in [0.5, 0.6) is 0 Å². The molecule has 0 aliphatic carbocycles. The van der Waals surface area contributed by atoms with E-state index in [1.165, 1.54) is 13.1 Å². The lowest BCUT2D eigenvalue weighted by atomic mass is 10.1. The molecule has 0 aliphatic rings. The van der Waals surface area contributed by atoms with Crippen molar-refractivity contribution in [1.82, 2.24) is 4.98 Å². The summed E-state index contributed by atoms with van der Waals surface area (Å²) < 4.78 is 0. The van der Waals surface area contributed by atoms with Crippen LogP contribution in [0, 0.1) is 6.92 Å². The van der Waals surface area contributed by atoms with E-state index in [4.69, 9.17) is 0 Å². The van der Waals surface area contributed by atoms with Gasteiger partial charge in [0.25, 0.3) is 5.91 Å². The lowest BCUT2D eigenvalue weighted by Gasteiger charge is -2.09. The van der Waals surface area contributed by atoms with E-state index in [1.54, 1.807) is 36.5 Å². The zero-order valence-electron chi connectivity index (χ0n) is 11.3. The molecule has 2 amide bonds. The summed E-state index contributed by atoms with van der Waals surface area (Å²) in [6, 6.07) is 8.76. The number of carbonyl (C=O) groups is 2. The Morgan fingerprint density at radius 3 is 2.45 bits per heavy atom. The highest BCUT2D eigenvalue weighted by atomic mass is 16.2. The Balaban J connectivity index is 2.16. The van der Waals surface area contributed by atoms with E-state index in [0.29, 0.717) is 16.9 Å². The molecule has 2 aromatic rings. The maximum Gasteiger partial charge on any atom is 0.257 e. The van der Waals surface area contributed by atoms with Gasteiger partial charge in [0.05, 0.1) is 5.56 Å². The van der Waals surface area contributed by atoms with Gasteiger partial charge < -0.3 is 10.6 Å². The predicted molar refractivity (Wildman–Crippen MR) is 77.7 cm³/mol. The second-order valence-electron chi connectivity index (χ2n) is 4.41. The van der Waals surface area contributed by atoms with Crippen LogP contribution in [0.25, 0.3) is 0 Å². The Hall–Kier alpha value is -2.69. The summed E-state index contributed by atoms with van der Waals surface area (Å²) in [5.74, 6) is -0.382. The van der Waals surface area contributed by atoms with Crippen LogP contribution in [0.1, 0.15) is 22.8 Å². The number of nitrogens with one attached hydrogen (secondary N) is 2. The quantitative estimate of drug-likeness (QED) is 0.899. The van der Waals surface area contributed by atoms with Crippen LogP contribution in [-0.2, 0) is 4.79 Å². The molecule has 5 heteroatoms. The number of amides is 2. The minimum absolute atomic E-state index is 0.156. The van der Waals surface area contributed by atoms with Crippen molar-refractivity contribution in [2.45, 2.75) is 13.8 Å². The SMILES string of the molecule is CC(=O)Nc1cccc(NC(=O)c2cnccc2C)c1. The Bertz CT molecular complexity index is 653. The number of hydrogen-bond acceptors (Lipinski definition) is 3. The van der Waals surface area contributed by atoms with Gasteiger partial charge in [0.2, 0.25) is 5.91 Å². The monoisotopic (exact) mass is 269 g/mol. The number of aryl methyl sites for hydroxylation is 1. The second kappa shape index (κ2) is 5.97. The molecule has 0 fully saturated rings. The Morgan fingerprint density at radius 2 is 1.80 bits per heavy atom. The fraction of sp³-hybridized carbons (Fsp3) is 0.133. The molecule has 0 aliphatic heterocycles. The summed E-state index contributed by atoms with van der Waals surface area (Å²) in [6.07, 6.45) is 3.17. The molecular weight excluding hydrogens is 254 g/mol. The maximum absolute atomic E-state index is 12.1. The van der Waals surface area contributed by atoms with Gasteiger partial charge in [0.1, 0.15) is 0 Å². The largest absolute Gasteiger partial charge is 0.326 e. The summed E-state index contributed by atoms with van der Waals surface area (Å²) in [6.45, 7) is 3.29. The van der Waals surface area contributed by atoms with Gasteiger partial charge in [-0.25, -0.2) is 0 Å². The molecule has 2 rings (SSSR count). The van der Waals surface area contributed by atoms with Crippen LogP contribution in [0.2, 0.25) is 0 Å². The van der Waals surface area contributed by atoms with Crippen LogP contribution in [-0.4, -0.2) is 16.8 Å². The molecule has 0 atom stereocenters. The van der Waals surface area contributed by atoms with Gasteiger partial charge in [-0.05, 0) is 36.8 Å². The van der Waals surface area contributed by atoms with Crippen LogP contribution in [0.4, 0.5) is 11.4 Å². The summed E-state index contributed by atoms with van der Waals surface area (Å²) in [4.78, 5) is 27.1. The van der Waals surface area contributed by atoms with Crippen molar-refractivity contribution in [2.24, 2.45) is 0 Å². The van der Waals surface area contributed by atoms with Crippen LogP contribution < -0.4 is 10.6 Å². The third-order valence-corrected chi connectivity index (χ3v) is 2.72. The van der Waals surface area contributed by atoms with Gasteiger partial charge in [-0.2, -0.15) is 0 Å². The number of hydrogen-bond donors (Lipinski definition) is 2. The van der Waals surface area contributed by atoms with E-state index in [1.807, 2.05) is 6.92 Å². The molecule has 2 N–H and O–H groups in total. The van der Waals surface area contributed by atoms with E-state index in [0.717, 1.165) is 5.56 Å². The van der Waals surface area contributed by atoms with Crippen molar-refractivity contribution >= 4 is 23.2 Å². The molecular formula is C15H15N3O2. The first-order chi connectivity index (χ1) is 9.56. The first-order valence-electron chi connectivity index (χ1n) is 6.16. The summed E-state index contributed by atoms with van der Waals surface area (Å²) in [5, 5.41) is 5.45. The normalized spacial score (nSPS) is 9.90. The fourth-order valence-corrected chi connectivity index (χ4v) is 1.78. The number of carbonyl (C=O) groups excluding carboxylic acids is 2. The van der Waals surface area contributed by atoms with Gasteiger partial charge >= 0.3 is 0 Å². The van der Waals surface area contributed by atoms with Gasteiger partial charge in [-0.15, -0.1) is 0 Å². The summed E-state index contributed by atoms with van der Waals surface area (Å²) >= 11 is 0. The van der Waals surface area contributed by atoms with Gasteiger partial charge in [0, 0.05) is 30.7 Å². The zero-order chi connectivity index (χ0) is 14.5. The van der Waals surface area contributed by atoms with Crippen LogP contribution in [0.15, 0.2) is 42.7 Å². The highest BCUT2D eigenvalue weighted by molar-refractivity contribution is 6.05. The number of aromatic nitrogens is 1. The minimum atomic E-state index is -0.226. The first kappa shape index (κ1) is 13.7. The smallest absolute Gasteiger partial charge is 0.257 e. The van der Waals surface area contributed by atoms with Crippen molar-refractivity contribution in [3.8, 4) is 0 Å². The molecule has 1 heterocycles. The standard InChI is InChI=1S/C15H15N3O2/c1-10-6-7-16-9-14(10)15(20)18-13-5-3-4-12(8-13)17-11(2)19/h3-9H,1-2H3,(H,17,19)(H,18,20). The first-order valence-corrected chi connectivity index (χ1v) is 6.16. The third-order valence-electron chi connectivity index (χ3n) is 2.72. The number of rotatable bonds is 3. The van der Waals surface area contributed by atoms with Crippen molar-refractivity contribution in [3.63, 3.8) is 0 Å². The lowest BCUT2D eigenvalue weighted by Crippen LogP contribution is -2.14. The number of pyridine rings is 1. The molecule has 0 bridgehead atoms.